The van der Waals surface area contributed by atoms with Crippen molar-refractivity contribution in [2.24, 2.45) is 0 Å². The normalized spacial score (nSPS) is 12.1. The SMILES string of the molecule is O=S(=O)(Cl)CCc1coc2ncccc12. The summed E-state index contributed by atoms with van der Waals surface area (Å²) >= 11 is 0. The monoisotopic (exact) mass is 245 g/mol. The molecule has 2 rings (SSSR count). The lowest BCUT2D eigenvalue weighted by Gasteiger charge is -1.94. The van der Waals surface area contributed by atoms with Crippen molar-refractivity contribution in [1.29, 1.82) is 0 Å². The van der Waals surface area contributed by atoms with Crippen LogP contribution < -0.4 is 0 Å². The quantitative estimate of drug-likeness (QED) is 0.776. The molecule has 0 aliphatic carbocycles. The molecular formula is C9H8ClNO3S. The number of fused-ring (bicyclic) bond motifs is 1. The molecule has 0 unspecified atom stereocenters. The minimum Gasteiger partial charge on any atom is -0.446 e. The Kier molecular flexibility index (Phi) is 2.67. The van der Waals surface area contributed by atoms with Gasteiger partial charge in [0.1, 0.15) is 0 Å². The van der Waals surface area contributed by atoms with E-state index in [2.05, 4.69) is 4.98 Å². The number of aryl methyl sites for hydroxylation is 1. The smallest absolute Gasteiger partial charge is 0.232 e. The zero-order chi connectivity index (χ0) is 10.9. The molecule has 15 heavy (non-hydrogen) atoms. The maximum absolute atomic E-state index is 10.8. The number of halogens is 1. The Morgan fingerprint density at radius 3 is 3.00 bits per heavy atom. The molecule has 0 saturated carbocycles. The van der Waals surface area contributed by atoms with E-state index in [4.69, 9.17) is 15.1 Å². The fourth-order valence-corrected chi connectivity index (χ4v) is 2.04. The third-order valence-electron chi connectivity index (χ3n) is 2.05. The first-order valence-corrected chi connectivity index (χ1v) is 6.77. The summed E-state index contributed by atoms with van der Waals surface area (Å²) in [4.78, 5) is 4.00. The second-order valence-electron chi connectivity index (χ2n) is 3.11. The molecule has 0 N–H and O–H groups in total. The number of hydrogen-bond donors (Lipinski definition) is 0. The Hall–Kier alpha value is -1.07. The largest absolute Gasteiger partial charge is 0.446 e. The molecule has 2 heterocycles. The summed E-state index contributed by atoms with van der Waals surface area (Å²) in [6.45, 7) is 0. The zero-order valence-corrected chi connectivity index (χ0v) is 9.25. The summed E-state index contributed by atoms with van der Waals surface area (Å²) in [5, 5.41) is 0.831. The Morgan fingerprint density at radius 1 is 1.47 bits per heavy atom. The highest BCUT2D eigenvalue weighted by atomic mass is 35.7. The van der Waals surface area contributed by atoms with Crippen LogP contribution in [0.4, 0.5) is 0 Å². The van der Waals surface area contributed by atoms with Crippen molar-refractivity contribution in [3.05, 3.63) is 30.2 Å². The van der Waals surface area contributed by atoms with Crippen molar-refractivity contribution in [2.45, 2.75) is 6.42 Å². The highest BCUT2D eigenvalue weighted by Crippen LogP contribution is 2.19. The minimum absolute atomic E-state index is 0.0991. The van der Waals surface area contributed by atoms with E-state index in [0.717, 1.165) is 10.9 Å². The Balaban J connectivity index is 2.29. The molecule has 0 bridgehead atoms. The highest BCUT2D eigenvalue weighted by molar-refractivity contribution is 8.13. The van der Waals surface area contributed by atoms with Gasteiger partial charge in [-0.3, -0.25) is 0 Å². The second kappa shape index (κ2) is 3.83. The summed E-state index contributed by atoms with van der Waals surface area (Å²) in [6.07, 6.45) is 3.47. The van der Waals surface area contributed by atoms with Crippen LogP contribution >= 0.6 is 10.7 Å². The zero-order valence-electron chi connectivity index (χ0n) is 7.68. The van der Waals surface area contributed by atoms with Crippen LogP contribution in [0.25, 0.3) is 11.1 Å². The van der Waals surface area contributed by atoms with Crippen LogP contribution in [-0.4, -0.2) is 19.2 Å². The van der Waals surface area contributed by atoms with Gasteiger partial charge in [0.05, 0.1) is 12.0 Å². The van der Waals surface area contributed by atoms with E-state index in [-0.39, 0.29) is 5.75 Å². The number of furan rings is 1. The van der Waals surface area contributed by atoms with Gasteiger partial charge >= 0.3 is 0 Å². The molecule has 0 aliphatic heterocycles. The maximum atomic E-state index is 10.8. The summed E-state index contributed by atoms with van der Waals surface area (Å²) < 4.78 is 26.7. The summed E-state index contributed by atoms with van der Waals surface area (Å²) in [7, 11) is 1.67. The van der Waals surface area contributed by atoms with Gasteiger partial charge in [-0.05, 0) is 18.6 Å². The van der Waals surface area contributed by atoms with Gasteiger partial charge in [0.15, 0.2) is 0 Å². The van der Waals surface area contributed by atoms with Crippen molar-refractivity contribution >= 4 is 30.8 Å². The van der Waals surface area contributed by atoms with Crippen LogP contribution in [0.2, 0.25) is 0 Å². The fraction of sp³-hybridized carbons (Fsp3) is 0.222. The summed E-state index contributed by atoms with van der Waals surface area (Å²) in [5.41, 5.74) is 1.32. The number of pyridine rings is 1. The maximum Gasteiger partial charge on any atom is 0.232 e. The first kappa shape index (κ1) is 10.4. The summed E-state index contributed by atoms with van der Waals surface area (Å²) in [6, 6.07) is 3.61. The van der Waals surface area contributed by atoms with E-state index < -0.39 is 9.05 Å². The molecule has 0 spiro atoms. The Bertz CT molecular complexity index is 576. The third-order valence-corrected chi connectivity index (χ3v) is 3.20. The molecule has 4 nitrogen and oxygen atoms in total. The molecule has 0 aromatic carbocycles. The van der Waals surface area contributed by atoms with Gasteiger partial charge in [-0.25, -0.2) is 13.4 Å². The van der Waals surface area contributed by atoms with Crippen LogP contribution in [0.1, 0.15) is 5.56 Å². The van der Waals surface area contributed by atoms with Crippen molar-refractivity contribution in [3.63, 3.8) is 0 Å². The van der Waals surface area contributed by atoms with E-state index in [1.54, 1.807) is 12.3 Å². The van der Waals surface area contributed by atoms with Gasteiger partial charge in [-0.2, -0.15) is 0 Å². The third kappa shape index (κ3) is 2.49. The van der Waals surface area contributed by atoms with E-state index in [1.807, 2.05) is 6.07 Å². The van der Waals surface area contributed by atoms with Gasteiger partial charge in [-0.1, -0.05) is 0 Å². The average molecular weight is 246 g/mol. The number of hydrogen-bond acceptors (Lipinski definition) is 4. The number of aromatic nitrogens is 1. The predicted octanol–water partition coefficient (Wildman–Crippen LogP) is 1.94. The lowest BCUT2D eigenvalue weighted by Crippen LogP contribution is -2.00. The van der Waals surface area contributed by atoms with Crippen molar-refractivity contribution in [1.82, 2.24) is 4.98 Å². The first-order valence-electron chi connectivity index (χ1n) is 4.30. The molecule has 2 aromatic rings. The Labute approximate surface area is 91.3 Å². The van der Waals surface area contributed by atoms with Gasteiger partial charge in [-0.15, -0.1) is 0 Å². The lowest BCUT2D eigenvalue weighted by atomic mass is 10.2. The first-order chi connectivity index (χ1) is 7.06. The number of rotatable bonds is 3. The summed E-state index contributed by atoms with van der Waals surface area (Å²) in [5.74, 6) is -0.0991. The van der Waals surface area contributed by atoms with Crippen molar-refractivity contribution < 1.29 is 12.8 Å². The van der Waals surface area contributed by atoms with Crippen LogP contribution in [0.5, 0.6) is 0 Å². The molecule has 6 heteroatoms. The van der Waals surface area contributed by atoms with Crippen LogP contribution in [0, 0.1) is 0 Å². The van der Waals surface area contributed by atoms with Crippen LogP contribution in [-0.2, 0) is 15.5 Å². The van der Waals surface area contributed by atoms with E-state index in [1.165, 1.54) is 6.26 Å². The van der Waals surface area contributed by atoms with E-state index in [9.17, 15) is 8.42 Å². The van der Waals surface area contributed by atoms with E-state index >= 15 is 0 Å². The molecule has 2 aromatic heterocycles. The molecule has 0 fully saturated rings. The van der Waals surface area contributed by atoms with Gasteiger partial charge in [0.2, 0.25) is 14.8 Å². The molecule has 0 amide bonds. The fourth-order valence-electron chi connectivity index (χ4n) is 1.35. The van der Waals surface area contributed by atoms with Gasteiger partial charge in [0, 0.05) is 27.8 Å². The van der Waals surface area contributed by atoms with Gasteiger partial charge in [0.25, 0.3) is 0 Å². The van der Waals surface area contributed by atoms with Crippen molar-refractivity contribution in [2.75, 3.05) is 5.75 Å². The minimum atomic E-state index is -3.46. The van der Waals surface area contributed by atoms with Gasteiger partial charge < -0.3 is 4.42 Å². The average Bonchev–Trinajstić information content (AvgIpc) is 2.57. The number of nitrogens with zero attached hydrogens (tertiary/aromatic N) is 1. The van der Waals surface area contributed by atoms with Crippen LogP contribution in [0.3, 0.4) is 0 Å². The van der Waals surface area contributed by atoms with Crippen molar-refractivity contribution in [3.8, 4) is 0 Å². The molecule has 0 aliphatic rings. The molecular weight excluding hydrogens is 238 g/mol. The van der Waals surface area contributed by atoms with Crippen LogP contribution in [0.15, 0.2) is 29.0 Å². The van der Waals surface area contributed by atoms with E-state index in [0.29, 0.717) is 12.1 Å². The lowest BCUT2D eigenvalue weighted by molar-refractivity contribution is 0.597. The highest BCUT2D eigenvalue weighted by Gasteiger charge is 2.10. The standard InChI is InChI=1S/C9H8ClNO3S/c10-15(12,13)5-3-7-6-14-9-8(7)2-1-4-11-9/h1-2,4,6H,3,5H2. The molecule has 0 saturated heterocycles. The topological polar surface area (TPSA) is 60.2 Å². The molecule has 0 atom stereocenters. The molecule has 0 radical (unpaired) electrons. The Morgan fingerprint density at radius 2 is 2.27 bits per heavy atom. The molecule has 80 valence electrons. The second-order valence-corrected chi connectivity index (χ2v) is 6.01. The predicted molar refractivity (Wildman–Crippen MR) is 57.4 cm³/mol.